The fraction of sp³-hybridized carbons (Fsp3) is 0.500. The number of hydrogen-bond donors (Lipinski definition) is 0. The molecule has 0 aromatic carbocycles. The summed E-state index contributed by atoms with van der Waals surface area (Å²) in [6.45, 7) is 5.59. The van der Waals surface area contributed by atoms with Gasteiger partial charge in [-0.15, -0.1) is 0 Å². The Morgan fingerprint density at radius 2 is 1.88 bits per heavy atom. The van der Waals surface area contributed by atoms with Gasteiger partial charge in [0.05, 0.1) is 11.7 Å². The fourth-order valence-corrected chi connectivity index (χ4v) is 1.51. The van der Waals surface area contributed by atoms with Gasteiger partial charge in [-0.1, -0.05) is 0 Å². The third-order valence-corrected chi connectivity index (χ3v) is 2.77. The summed E-state index contributed by atoms with van der Waals surface area (Å²) in [5.74, 6) is -1.75. The van der Waals surface area contributed by atoms with Crippen LogP contribution in [0.3, 0.4) is 0 Å². The molecule has 0 aliphatic carbocycles. The monoisotopic (exact) mass is 227 g/mol. The molecule has 0 spiro atoms. The first-order chi connectivity index (χ1) is 7.38. The van der Waals surface area contributed by atoms with Crippen LogP contribution in [0, 0.1) is 11.9 Å². The quantitative estimate of drug-likeness (QED) is 0.534. The van der Waals surface area contributed by atoms with Crippen LogP contribution in [0.1, 0.15) is 20.8 Å². The molecule has 1 aliphatic rings. The van der Waals surface area contributed by atoms with E-state index in [1.165, 1.54) is 0 Å². The largest absolute Gasteiger partial charge is 0.494 e. The minimum absolute atomic E-state index is 0.142. The van der Waals surface area contributed by atoms with E-state index in [0.717, 1.165) is 12.1 Å². The predicted octanol–water partition coefficient (Wildman–Crippen LogP) is 1.27. The summed E-state index contributed by atoms with van der Waals surface area (Å²) in [4.78, 5) is 3.02. The van der Waals surface area contributed by atoms with Crippen molar-refractivity contribution in [2.45, 2.75) is 32.5 Å². The Morgan fingerprint density at radius 3 is 2.31 bits per heavy atom. The van der Waals surface area contributed by atoms with Crippen molar-refractivity contribution >= 4 is 12.6 Å². The van der Waals surface area contributed by atoms with E-state index >= 15 is 0 Å². The van der Waals surface area contributed by atoms with Crippen LogP contribution < -0.4 is 5.46 Å². The molecule has 2 heterocycles. The molecule has 0 bridgehead atoms. The topological polar surface area (TPSA) is 31.4 Å². The van der Waals surface area contributed by atoms with E-state index < -0.39 is 24.6 Å². The average molecular weight is 227 g/mol. The zero-order valence-corrected chi connectivity index (χ0v) is 9.33. The van der Waals surface area contributed by atoms with Crippen molar-refractivity contribution in [1.82, 2.24) is 4.98 Å². The SMILES string of the molecule is CC1OB(c2cc(F)nc(F)c2)OC1(C)C. The molecular formula is C10H12BF2NO2. The second-order valence-corrected chi connectivity index (χ2v) is 4.38. The molecule has 1 atom stereocenters. The molecule has 0 saturated carbocycles. The van der Waals surface area contributed by atoms with Crippen LogP contribution in [-0.4, -0.2) is 23.8 Å². The van der Waals surface area contributed by atoms with Gasteiger partial charge >= 0.3 is 7.12 Å². The Hall–Kier alpha value is -1.01. The highest BCUT2D eigenvalue weighted by Crippen LogP contribution is 2.26. The molecule has 0 N–H and O–H groups in total. The molecule has 0 amide bonds. The molecule has 86 valence electrons. The summed E-state index contributed by atoms with van der Waals surface area (Å²) < 4.78 is 36.9. The standard InChI is InChI=1S/C10H12BF2NO2/c1-6-10(2,3)16-11(15-6)7-4-8(12)14-9(13)5-7/h4-6H,1-3H3. The molecule has 1 saturated heterocycles. The van der Waals surface area contributed by atoms with Crippen LogP contribution in [0.25, 0.3) is 0 Å². The smallest absolute Gasteiger partial charge is 0.402 e. The summed E-state index contributed by atoms with van der Waals surface area (Å²) >= 11 is 0. The van der Waals surface area contributed by atoms with E-state index in [1.54, 1.807) is 0 Å². The maximum atomic E-state index is 12.9. The molecular weight excluding hydrogens is 215 g/mol. The number of rotatable bonds is 1. The van der Waals surface area contributed by atoms with Gasteiger partial charge in [-0.25, -0.2) is 0 Å². The predicted molar refractivity (Wildman–Crippen MR) is 55.3 cm³/mol. The van der Waals surface area contributed by atoms with Crippen LogP contribution in [0.15, 0.2) is 12.1 Å². The Balaban J connectivity index is 2.27. The molecule has 1 aromatic rings. The third kappa shape index (κ3) is 2.08. The molecule has 1 aliphatic heterocycles. The van der Waals surface area contributed by atoms with Gasteiger partial charge in [-0.3, -0.25) is 0 Å². The van der Waals surface area contributed by atoms with E-state index in [2.05, 4.69) is 4.98 Å². The second-order valence-electron chi connectivity index (χ2n) is 4.38. The van der Waals surface area contributed by atoms with Gasteiger partial charge < -0.3 is 9.31 Å². The first-order valence-corrected chi connectivity index (χ1v) is 5.05. The van der Waals surface area contributed by atoms with Crippen LogP contribution >= 0.6 is 0 Å². The van der Waals surface area contributed by atoms with Gasteiger partial charge in [0.1, 0.15) is 0 Å². The number of nitrogens with zero attached hydrogens (tertiary/aromatic N) is 1. The van der Waals surface area contributed by atoms with Crippen LogP contribution in [0.5, 0.6) is 0 Å². The Labute approximate surface area is 92.9 Å². The lowest BCUT2D eigenvalue weighted by atomic mass is 9.80. The summed E-state index contributed by atoms with van der Waals surface area (Å²) in [6, 6.07) is 2.23. The highest BCUT2D eigenvalue weighted by atomic mass is 19.1. The lowest BCUT2D eigenvalue weighted by Crippen LogP contribution is -2.35. The number of halogens is 2. The molecule has 1 aromatic heterocycles. The number of aromatic nitrogens is 1. The summed E-state index contributed by atoms with van der Waals surface area (Å²) in [6.07, 6.45) is -0.142. The van der Waals surface area contributed by atoms with Crippen molar-refractivity contribution in [1.29, 1.82) is 0 Å². The molecule has 16 heavy (non-hydrogen) atoms. The van der Waals surface area contributed by atoms with Gasteiger partial charge in [0.2, 0.25) is 11.9 Å². The zero-order chi connectivity index (χ0) is 11.9. The Morgan fingerprint density at radius 1 is 1.31 bits per heavy atom. The lowest BCUT2D eigenvalue weighted by Gasteiger charge is -2.21. The Kier molecular flexibility index (Phi) is 2.71. The van der Waals surface area contributed by atoms with E-state index in [-0.39, 0.29) is 6.10 Å². The van der Waals surface area contributed by atoms with E-state index in [0.29, 0.717) is 5.46 Å². The third-order valence-electron chi connectivity index (χ3n) is 2.77. The van der Waals surface area contributed by atoms with Crippen molar-refractivity contribution in [2.24, 2.45) is 0 Å². The molecule has 1 unspecified atom stereocenters. The van der Waals surface area contributed by atoms with Gasteiger partial charge in [0.25, 0.3) is 0 Å². The van der Waals surface area contributed by atoms with E-state index in [9.17, 15) is 8.78 Å². The number of pyridine rings is 1. The van der Waals surface area contributed by atoms with Crippen molar-refractivity contribution in [3.63, 3.8) is 0 Å². The van der Waals surface area contributed by atoms with Crippen molar-refractivity contribution in [3.05, 3.63) is 24.0 Å². The molecule has 2 rings (SSSR count). The summed E-state index contributed by atoms with van der Waals surface area (Å²) in [5.41, 5.74) is -0.164. The number of hydrogen-bond acceptors (Lipinski definition) is 3. The Bertz CT molecular complexity index is 394. The van der Waals surface area contributed by atoms with Gasteiger partial charge in [0, 0.05) is 0 Å². The normalized spacial score (nSPS) is 23.8. The van der Waals surface area contributed by atoms with Gasteiger partial charge in [-0.05, 0) is 38.4 Å². The maximum Gasteiger partial charge on any atom is 0.494 e. The summed E-state index contributed by atoms with van der Waals surface area (Å²) in [5, 5.41) is 0. The molecule has 6 heteroatoms. The van der Waals surface area contributed by atoms with Crippen LogP contribution in [-0.2, 0) is 9.31 Å². The lowest BCUT2D eigenvalue weighted by molar-refractivity contribution is 0.0842. The van der Waals surface area contributed by atoms with Crippen molar-refractivity contribution in [2.75, 3.05) is 0 Å². The molecule has 0 radical (unpaired) electrons. The van der Waals surface area contributed by atoms with Gasteiger partial charge in [0.15, 0.2) is 0 Å². The van der Waals surface area contributed by atoms with Crippen molar-refractivity contribution < 1.29 is 18.1 Å². The first kappa shape index (κ1) is 11.5. The van der Waals surface area contributed by atoms with Crippen LogP contribution in [0.2, 0.25) is 0 Å². The van der Waals surface area contributed by atoms with Crippen LogP contribution in [0.4, 0.5) is 8.78 Å². The maximum absolute atomic E-state index is 12.9. The fourth-order valence-electron chi connectivity index (χ4n) is 1.51. The average Bonchev–Trinajstić information content (AvgIpc) is 2.40. The minimum atomic E-state index is -0.875. The second kappa shape index (κ2) is 3.78. The summed E-state index contributed by atoms with van der Waals surface area (Å²) in [7, 11) is -0.739. The highest BCUT2D eigenvalue weighted by molar-refractivity contribution is 6.61. The van der Waals surface area contributed by atoms with E-state index in [1.807, 2.05) is 20.8 Å². The molecule has 1 fully saturated rings. The highest BCUT2D eigenvalue weighted by Gasteiger charge is 2.44. The van der Waals surface area contributed by atoms with Gasteiger partial charge in [-0.2, -0.15) is 13.8 Å². The zero-order valence-electron chi connectivity index (χ0n) is 9.33. The first-order valence-electron chi connectivity index (χ1n) is 5.05. The van der Waals surface area contributed by atoms with E-state index in [4.69, 9.17) is 9.31 Å². The minimum Gasteiger partial charge on any atom is -0.402 e. The van der Waals surface area contributed by atoms with Crippen molar-refractivity contribution in [3.8, 4) is 0 Å². The molecule has 3 nitrogen and oxygen atoms in total.